The third kappa shape index (κ3) is 5.79. The fraction of sp³-hybridized carbons (Fsp3) is 0.160. The number of anilines is 1. The number of carbonyl (C=O) groups is 2. The van der Waals surface area contributed by atoms with Crippen LogP contribution in [0.2, 0.25) is 0 Å². The molecule has 0 aliphatic heterocycles. The lowest BCUT2D eigenvalue weighted by Gasteiger charge is -2.19. The van der Waals surface area contributed by atoms with E-state index in [0.29, 0.717) is 22.4 Å². The van der Waals surface area contributed by atoms with Crippen LogP contribution in [0.1, 0.15) is 52.6 Å². The first-order valence-electron chi connectivity index (χ1n) is 9.87. The molecule has 0 radical (unpaired) electrons. The number of para-hydroxylation sites is 1. The van der Waals surface area contributed by atoms with Gasteiger partial charge in [-0.3, -0.25) is 9.59 Å². The maximum Gasteiger partial charge on any atom is 0.271 e. The third-order valence-electron chi connectivity index (χ3n) is 4.72. The zero-order chi connectivity index (χ0) is 22.4. The molecule has 2 amide bonds. The van der Waals surface area contributed by atoms with Gasteiger partial charge in [0.1, 0.15) is 5.75 Å². The highest BCUT2D eigenvalue weighted by Crippen LogP contribution is 2.22. The number of rotatable bonds is 5. The van der Waals surface area contributed by atoms with E-state index in [1.54, 1.807) is 54.6 Å². The van der Waals surface area contributed by atoms with Crippen molar-refractivity contribution in [1.82, 2.24) is 5.43 Å². The molecule has 158 valence electrons. The van der Waals surface area contributed by atoms with E-state index >= 15 is 0 Å². The van der Waals surface area contributed by atoms with Crippen molar-refractivity contribution in [1.29, 1.82) is 0 Å². The number of nitrogens with zero attached hydrogens (tertiary/aromatic N) is 1. The topological polar surface area (TPSA) is 90.8 Å². The molecule has 3 aromatic carbocycles. The van der Waals surface area contributed by atoms with Crippen molar-refractivity contribution < 1.29 is 14.7 Å². The molecular formula is C25H25N3O3. The molecule has 3 aromatic rings. The first-order valence-corrected chi connectivity index (χ1v) is 9.87. The summed E-state index contributed by atoms with van der Waals surface area (Å²) in [5, 5.41) is 16.4. The Morgan fingerprint density at radius 2 is 1.42 bits per heavy atom. The van der Waals surface area contributed by atoms with Crippen molar-refractivity contribution in [2.45, 2.75) is 26.2 Å². The van der Waals surface area contributed by atoms with E-state index in [2.05, 4.69) is 36.6 Å². The molecule has 0 heterocycles. The summed E-state index contributed by atoms with van der Waals surface area (Å²) in [4.78, 5) is 24.7. The molecule has 0 aliphatic rings. The van der Waals surface area contributed by atoms with Crippen LogP contribution in [0.25, 0.3) is 0 Å². The number of phenolic OH excluding ortho intramolecular Hbond substituents is 1. The molecule has 0 fully saturated rings. The number of hydrogen-bond acceptors (Lipinski definition) is 4. The lowest BCUT2D eigenvalue weighted by atomic mass is 9.87. The SMILES string of the molecule is CC(C)(C)c1ccc(C(=O)Nc2ccc(C(=O)N/N=C/c3ccccc3O)cc2)cc1. The summed E-state index contributed by atoms with van der Waals surface area (Å²) >= 11 is 0. The van der Waals surface area contributed by atoms with Gasteiger partial charge in [0.15, 0.2) is 0 Å². The standard InChI is InChI=1S/C25H25N3O3/c1-25(2,3)20-12-8-17(9-13-20)23(30)27-21-14-10-18(11-15-21)24(31)28-26-16-19-6-4-5-7-22(19)29/h4-16,29H,1-3H3,(H,27,30)(H,28,31)/b26-16+. The van der Waals surface area contributed by atoms with Gasteiger partial charge in [-0.25, -0.2) is 5.43 Å². The minimum Gasteiger partial charge on any atom is -0.507 e. The van der Waals surface area contributed by atoms with E-state index in [1.165, 1.54) is 12.3 Å². The molecule has 0 bridgehead atoms. The van der Waals surface area contributed by atoms with E-state index in [0.717, 1.165) is 5.56 Å². The van der Waals surface area contributed by atoms with Crippen LogP contribution >= 0.6 is 0 Å². The number of hydrazone groups is 1. The maximum absolute atomic E-state index is 12.5. The van der Waals surface area contributed by atoms with Crippen molar-refractivity contribution in [3.8, 4) is 5.75 Å². The van der Waals surface area contributed by atoms with E-state index < -0.39 is 5.91 Å². The second-order valence-electron chi connectivity index (χ2n) is 8.12. The first-order chi connectivity index (χ1) is 14.7. The summed E-state index contributed by atoms with van der Waals surface area (Å²) in [5.74, 6) is -0.541. The second-order valence-corrected chi connectivity index (χ2v) is 8.12. The van der Waals surface area contributed by atoms with Gasteiger partial charge in [0.25, 0.3) is 11.8 Å². The quantitative estimate of drug-likeness (QED) is 0.416. The monoisotopic (exact) mass is 415 g/mol. The second kappa shape index (κ2) is 9.26. The number of carbonyl (C=O) groups excluding carboxylic acids is 2. The third-order valence-corrected chi connectivity index (χ3v) is 4.72. The normalized spacial score (nSPS) is 11.3. The fourth-order valence-electron chi connectivity index (χ4n) is 2.85. The van der Waals surface area contributed by atoms with Crippen molar-refractivity contribution in [2.75, 3.05) is 5.32 Å². The van der Waals surface area contributed by atoms with Gasteiger partial charge in [0, 0.05) is 22.4 Å². The van der Waals surface area contributed by atoms with Crippen LogP contribution in [0.4, 0.5) is 5.69 Å². The van der Waals surface area contributed by atoms with Crippen LogP contribution < -0.4 is 10.7 Å². The van der Waals surface area contributed by atoms with Crippen LogP contribution in [0.5, 0.6) is 5.75 Å². The van der Waals surface area contributed by atoms with Gasteiger partial charge in [0.05, 0.1) is 6.21 Å². The Labute approximate surface area is 181 Å². The van der Waals surface area contributed by atoms with Gasteiger partial charge < -0.3 is 10.4 Å². The Morgan fingerprint density at radius 1 is 0.839 bits per heavy atom. The fourth-order valence-corrected chi connectivity index (χ4v) is 2.85. The smallest absolute Gasteiger partial charge is 0.271 e. The van der Waals surface area contributed by atoms with Crippen LogP contribution in [0.3, 0.4) is 0 Å². The summed E-state index contributed by atoms with van der Waals surface area (Å²) in [6, 6.07) is 20.7. The van der Waals surface area contributed by atoms with Crippen molar-refractivity contribution in [3.63, 3.8) is 0 Å². The summed E-state index contributed by atoms with van der Waals surface area (Å²) in [5.41, 5.74) is 5.63. The lowest BCUT2D eigenvalue weighted by Crippen LogP contribution is -2.18. The number of hydrogen-bond donors (Lipinski definition) is 3. The summed E-state index contributed by atoms with van der Waals surface area (Å²) in [6.07, 6.45) is 1.37. The van der Waals surface area contributed by atoms with Crippen LogP contribution in [-0.4, -0.2) is 23.1 Å². The van der Waals surface area contributed by atoms with Crippen molar-refractivity contribution in [2.24, 2.45) is 5.10 Å². The summed E-state index contributed by atoms with van der Waals surface area (Å²) in [7, 11) is 0. The average molecular weight is 415 g/mol. The summed E-state index contributed by atoms with van der Waals surface area (Å²) in [6.45, 7) is 6.36. The Morgan fingerprint density at radius 3 is 2.03 bits per heavy atom. The number of phenols is 1. The van der Waals surface area contributed by atoms with E-state index in [1.807, 2.05) is 12.1 Å². The molecule has 0 unspecified atom stereocenters. The largest absolute Gasteiger partial charge is 0.507 e. The molecule has 3 rings (SSSR count). The number of amides is 2. The van der Waals surface area contributed by atoms with Crippen LogP contribution in [0.15, 0.2) is 77.9 Å². The molecule has 0 aromatic heterocycles. The van der Waals surface area contributed by atoms with Gasteiger partial charge >= 0.3 is 0 Å². The van der Waals surface area contributed by atoms with Crippen LogP contribution in [-0.2, 0) is 5.41 Å². The van der Waals surface area contributed by atoms with E-state index in [4.69, 9.17) is 0 Å². The zero-order valence-corrected chi connectivity index (χ0v) is 17.7. The Bertz CT molecular complexity index is 1100. The molecule has 0 saturated heterocycles. The molecule has 0 spiro atoms. The zero-order valence-electron chi connectivity index (χ0n) is 17.7. The molecule has 0 aliphatic carbocycles. The highest BCUT2D eigenvalue weighted by atomic mass is 16.3. The molecule has 6 heteroatoms. The molecule has 0 atom stereocenters. The van der Waals surface area contributed by atoms with Gasteiger partial charge in [-0.15, -0.1) is 0 Å². The summed E-state index contributed by atoms with van der Waals surface area (Å²) < 4.78 is 0. The number of benzene rings is 3. The van der Waals surface area contributed by atoms with Crippen molar-refractivity contribution >= 4 is 23.7 Å². The van der Waals surface area contributed by atoms with Crippen molar-refractivity contribution in [3.05, 3.63) is 95.1 Å². The molecular weight excluding hydrogens is 390 g/mol. The van der Waals surface area contributed by atoms with E-state index in [9.17, 15) is 14.7 Å². The highest BCUT2D eigenvalue weighted by Gasteiger charge is 2.14. The predicted octanol–water partition coefficient (Wildman–Crippen LogP) is 4.71. The Hall–Kier alpha value is -3.93. The molecule has 0 saturated carbocycles. The van der Waals surface area contributed by atoms with Gasteiger partial charge in [-0.05, 0) is 59.5 Å². The number of nitrogens with one attached hydrogen (secondary N) is 2. The average Bonchev–Trinajstić information content (AvgIpc) is 2.75. The predicted molar refractivity (Wildman–Crippen MR) is 123 cm³/mol. The molecule has 3 N–H and O–H groups in total. The minimum atomic E-state index is -0.401. The first kappa shape index (κ1) is 21.8. The number of aromatic hydroxyl groups is 1. The highest BCUT2D eigenvalue weighted by molar-refractivity contribution is 6.04. The minimum absolute atomic E-state index is 0.0247. The van der Waals surface area contributed by atoms with Gasteiger partial charge in [-0.2, -0.15) is 5.10 Å². The maximum atomic E-state index is 12.5. The lowest BCUT2D eigenvalue weighted by molar-refractivity contribution is 0.0954. The Balaban J connectivity index is 1.58. The van der Waals surface area contributed by atoms with Gasteiger partial charge in [0.2, 0.25) is 0 Å². The molecule has 6 nitrogen and oxygen atoms in total. The molecule has 31 heavy (non-hydrogen) atoms. The van der Waals surface area contributed by atoms with Crippen LogP contribution in [0, 0.1) is 0 Å². The Kier molecular flexibility index (Phi) is 6.50. The van der Waals surface area contributed by atoms with E-state index in [-0.39, 0.29) is 17.1 Å². The van der Waals surface area contributed by atoms with Gasteiger partial charge in [-0.1, -0.05) is 45.0 Å².